The fourth-order valence-corrected chi connectivity index (χ4v) is 1.82. The molecule has 0 spiro atoms. The van der Waals surface area contributed by atoms with Crippen LogP contribution in [0.25, 0.3) is 0 Å². The molecule has 0 aromatic rings. The van der Waals surface area contributed by atoms with Crippen LogP contribution in [0.2, 0.25) is 0 Å². The van der Waals surface area contributed by atoms with Gasteiger partial charge in [-0.3, -0.25) is 9.59 Å². The standard InChI is InChI=1S/C10H16O6S/c1-5-16-9(12)7(17-10(13)15-4)6(2)8(11)14-3/h6-7H,5H2,1-4H3/t6-,7-/m0/s1. The maximum absolute atomic E-state index is 11.6. The Balaban J connectivity index is 4.77. The van der Waals surface area contributed by atoms with Crippen molar-refractivity contribution >= 4 is 29.0 Å². The number of ether oxygens (including phenoxy) is 3. The van der Waals surface area contributed by atoms with Crippen LogP contribution in [0, 0.1) is 5.92 Å². The lowest BCUT2D eigenvalue weighted by Crippen LogP contribution is -2.33. The lowest BCUT2D eigenvalue weighted by Gasteiger charge is -2.18. The molecule has 7 heteroatoms. The minimum Gasteiger partial charge on any atom is -0.469 e. The van der Waals surface area contributed by atoms with Gasteiger partial charge in [-0.2, -0.15) is 0 Å². The number of carbonyl (C=O) groups is 3. The van der Waals surface area contributed by atoms with E-state index in [1.54, 1.807) is 6.92 Å². The normalized spacial score (nSPS) is 13.4. The van der Waals surface area contributed by atoms with Crippen molar-refractivity contribution in [3.05, 3.63) is 0 Å². The summed E-state index contributed by atoms with van der Waals surface area (Å²) in [5.74, 6) is -2.01. The van der Waals surface area contributed by atoms with Gasteiger partial charge in [-0.05, 0) is 18.7 Å². The van der Waals surface area contributed by atoms with E-state index < -0.39 is 28.4 Å². The van der Waals surface area contributed by atoms with E-state index in [1.165, 1.54) is 21.1 Å². The van der Waals surface area contributed by atoms with Crippen LogP contribution in [-0.4, -0.2) is 43.3 Å². The lowest BCUT2D eigenvalue weighted by molar-refractivity contribution is -0.151. The van der Waals surface area contributed by atoms with Crippen LogP contribution in [0.15, 0.2) is 0 Å². The van der Waals surface area contributed by atoms with E-state index in [4.69, 9.17) is 4.74 Å². The molecule has 0 heterocycles. The second-order valence-corrected chi connectivity index (χ2v) is 4.13. The Morgan fingerprint density at radius 2 is 1.71 bits per heavy atom. The number of hydrogen-bond acceptors (Lipinski definition) is 7. The summed E-state index contributed by atoms with van der Waals surface area (Å²) in [6.45, 7) is 3.30. The monoisotopic (exact) mass is 264 g/mol. The van der Waals surface area contributed by atoms with Gasteiger partial charge in [0.05, 0.1) is 26.7 Å². The molecule has 98 valence electrons. The Labute approximate surface area is 104 Å². The zero-order valence-corrected chi connectivity index (χ0v) is 11.0. The summed E-state index contributed by atoms with van der Waals surface area (Å²) in [4.78, 5) is 34.1. The number of methoxy groups -OCH3 is 2. The van der Waals surface area contributed by atoms with Crippen molar-refractivity contribution < 1.29 is 28.6 Å². The Morgan fingerprint density at radius 3 is 2.12 bits per heavy atom. The molecule has 0 N–H and O–H groups in total. The summed E-state index contributed by atoms with van der Waals surface area (Å²) in [7, 11) is 2.41. The molecule has 0 radical (unpaired) electrons. The first-order chi connectivity index (χ1) is 7.97. The molecule has 0 aromatic heterocycles. The van der Waals surface area contributed by atoms with Crippen LogP contribution in [0.4, 0.5) is 4.79 Å². The highest BCUT2D eigenvalue weighted by molar-refractivity contribution is 8.14. The molecule has 0 rings (SSSR count). The van der Waals surface area contributed by atoms with Crippen LogP contribution in [0.3, 0.4) is 0 Å². The molecular formula is C10H16O6S. The van der Waals surface area contributed by atoms with E-state index in [0.29, 0.717) is 11.8 Å². The summed E-state index contributed by atoms with van der Waals surface area (Å²) in [6.07, 6.45) is 0. The molecule has 0 saturated carbocycles. The van der Waals surface area contributed by atoms with Crippen LogP contribution >= 0.6 is 11.8 Å². The van der Waals surface area contributed by atoms with Crippen LogP contribution in [0.5, 0.6) is 0 Å². The van der Waals surface area contributed by atoms with Gasteiger partial charge in [0.2, 0.25) is 0 Å². The van der Waals surface area contributed by atoms with Crippen molar-refractivity contribution in [2.24, 2.45) is 5.92 Å². The molecule has 2 atom stereocenters. The van der Waals surface area contributed by atoms with Crippen molar-refractivity contribution in [2.75, 3.05) is 20.8 Å². The van der Waals surface area contributed by atoms with Crippen molar-refractivity contribution in [3.63, 3.8) is 0 Å². The zero-order chi connectivity index (χ0) is 13.4. The molecule has 0 aliphatic rings. The van der Waals surface area contributed by atoms with Gasteiger partial charge in [0.1, 0.15) is 5.25 Å². The van der Waals surface area contributed by atoms with Gasteiger partial charge < -0.3 is 14.2 Å². The van der Waals surface area contributed by atoms with Crippen LogP contribution < -0.4 is 0 Å². The molecule has 0 aliphatic heterocycles. The van der Waals surface area contributed by atoms with Gasteiger partial charge in [0.15, 0.2) is 0 Å². The van der Waals surface area contributed by atoms with E-state index >= 15 is 0 Å². The van der Waals surface area contributed by atoms with Gasteiger partial charge in [-0.1, -0.05) is 6.92 Å². The van der Waals surface area contributed by atoms with E-state index in [0.717, 1.165) is 0 Å². The minimum atomic E-state index is -0.963. The van der Waals surface area contributed by atoms with Gasteiger partial charge in [-0.25, -0.2) is 4.79 Å². The van der Waals surface area contributed by atoms with Gasteiger partial charge in [0, 0.05) is 0 Å². The van der Waals surface area contributed by atoms with Crippen molar-refractivity contribution in [3.8, 4) is 0 Å². The largest absolute Gasteiger partial charge is 0.469 e. The van der Waals surface area contributed by atoms with E-state index in [2.05, 4.69) is 9.47 Å². The predicted octanol–water partition coefficient (Wildman–Crippen LogP) is 1.23. The molecule has 0 unspecified atom stereocenters. The van der Waals surface area contributed by atoms with Crippen molar-refractivity contribution in [1.29, 1.82) is 0 Å². The molecule has 0 saturated heterocycles. The first kappa shape index (κ1) is 15.8. The summed E-state index contributed by atoms with van der Waals surface area (Å²) >= 11 is 0.608. The number of rotatable bonds is 5. The molecule has 0 aliphatic carbocycles. The average Bonchev–Trinajstić information content (AvgIpc) is 2.33. The lowest BCUT2D eigenvalue weighted by atomic mass is 10.1. The van der Waals surface area contributed by atoms with Gasteiger partial charge in [-0.15, -0.1) is 0 Å². The first-order valence-electron chi connectivity index (χ1n) is 4.96. The highest BCUT2D eigenvalue weighted by atomic mass is 32.2. The Bertz CT molecular complexity index is 291. The molecule has 0 bridgehead atoms. The Morgan fingerprint density at radius 1 is 1.12 bits per heavy atom. The zero-order valence-electron chi connectivity index (χ0n) is 10.2. The van der Waals surface area contributed by atoms with E-state index in [1.807, 2.05) is 0 Å². The number of carbonyl (C=O) groups excluding carboxylic acids is 3. The maximum atomic E-state index is 11.6. The topological polar surface area (TPSA) is 78.9 Å². The third kappa shape index (κ3) is 5.08. The SMILES string of the molecule is CCOC(=O)[C@@H](SC(=O)OC)[C@H](C)C(=O)OC. The molecule has 0 fully saturated rings. The van der Waals surface area contributed by atoms with Crippen molar-refractivity contribution in [1.82, 2.24) is 0 Å². The predicted molar refractivity (Wildman–Crippen MR) is 61.6 cm³/mol. The average molecular weight is 264 g/mol. The molecule has 17 heavy (non-hydrogen) atoms. The fraction of sp³-hybridized carbons (Fsp3) is 0.700. The Kier molecular flexibility index (Phi) is 7.36. The molecule has 6 nitrogen and oxygen atoms in total. The third-order valence-corrected chi connectivity index (χ3v) is 3.15. The highest BCUT2D eigenvalue weighted by Crippen LogP contribution is 2.24. The highest BCUT2D eigenvalue weighted by Gasteiger charge is 2.35. The minimum absolute atomic E-state index is 0.172. The first-order valence-corrected chi connectivity index (χ1v) is 5.84. The maximum Gasteiger partial charge on any atom is 0.367 e. The number of esters is 2. The summed E-state index contributed by atoms with van der Waals surface area (Å²) in [5.41, 5.74) is 0. The fourth-order valence-electron chi connectivity index (χ4n) is 1.04. The summed E-state index contributed by atoms with van der Waals surface area (Å²) in [5, 5.41) is -1.62. The Hall–Kier alpha value is -1.24. The second-order valence-electron chi connectivity index (χ2n) is 3.06. The molecule has 0 aromatic carbocycles. The van der Waals surface area contributed by atoms with E-state index in [9.17, 15) is 14.4 Å². The molecular weight excluding hydrogens is 248 g/mol. The summed E-state index contributed by atoms with van der Waals surface area (Å²) < 4.78 is 13.8. The van der Waals surface area contributed by atoms with E-state index in [-0.39, 0.29) is 6.61 Å². The smallest absolute Gasteiger partial charge is 0.367 e. The van der Waals surface area contributed by atoms with Crippen LogP contribution in [-0.2, 0) is 23.8 Å². The second kappa shape index (κ2) is 7.94. The number of thioether (sulfide) groups is 1. The van der Waals surface area contributed by atoms with Gasteiger partial charge in [0.25, 0.3) is 0 Å². The van der Waals surface area contributed by atoms with Crippen molar-refractivity contribution in [2.45, 2.75) is 19.1 Å². The van der Waals surface area contributed by atoms with Gasteiger partial charge >= 0.3 is 17.2 Å². The number of hydrogen-bond donors (Lipinski definition) is 0. The third-order valence-electron chi connectivity index (χ3n) is 1.94. The summed E-state index contributed by atoms with van der Waals surface area (Å²) in [6, 6.07) is 0. The van der Waals surface area contributed by atoms with Crippen LogP contribution in [0.1, 0.15) is 13.8 Å². The quantitative estimate of drug-likeness (QED) is 0.545. The molecule has 0 amide bonds.